The molecule has 0 aromatic heterocycles. The number of aliphatic hydroxyl groups excluding tert-OH is 1. The first-order valence-electron chi connectivity index (χ1n) is 6.97. The van der Waals surface area contributed by atoms with Crippen LogP contribution in [0.4, 0.5) is 0 Å². The Bertz CT molecular complexity index is 448. The van der Waals surface area contributed by atoms with Gasteiger partial charge in [-0.05, 0) is 24.6 Å². The third-order valence-corrected chi connectivity index (χ3v) is 3.61. The van der Waals surface area contributed by atoms with E-state index >= 15 is 0 Å². The number of rotatable bonds is 8. The minimum atomic E-state index is -1.34. The van der Waals surface area contributed by atoms with Gasteiger partial charge in [-0.2, -0.15) is 0 Å². The molecule has 118 valence electrons. The molecule has 1 aromatic rings. The number of aliphatic hydroxyl groups is 2. The lowest BCUT2D eigenvalue weighted by Crippen LogP contribution is -2.49. The van der Waals surface area contributed by atoms with Crippen LogP contribution in [0.3, 0.4) is 0 Å². The molecule has 0 fully saturated rings. The van der Waals surface area contributed by atoms with Crippen molar-refractivity contribution in [1.29, 1.82) is 0 Å². The fraction of sp³-hybridized carbons (Fsp3) is 0.529. The molecule has 21 heavy (non-hydrogen) atoms. The summed E-state index contributed by atoms with van der Waals surface area (Å²) in [5.41, 5.74) is -0.909. The van der Waals surface area contributed by atoms with E-state index in [0.717, 1.165) is 11.3 Å². The van der Waals surface area contributed by atoms with Crippen LogP contribution in [0.5, 0.6) is 5.75 Å². The van der Waals surface area contributed by atoms with Crippen LogP contribution in [0.25, 0.3) is 0 Å². The van der Waals surface area contributed by atoms with Gasteiger partial charge >= 0.3 is 0 Å². The Morgan fingerprint density at radius 2 is 1.81 bits per heavy atom. The lowest BCUT2D eigenvalue weighted by molar-refractivity contribution is -0.113. The SMILES string of the molecule is C=C[C@](C)(O)[C@H](O)C(C)(C)COCc1ccc(OC)cc1. The van der Waals surface area contributed by atoms with Crippen LogP contribution < -0.4 is 4.74 Å². The summed E-state index contributed by atoms with van der Waals surface area (Å²) < 4.78 is 10.8. The van der Waals surface area contributed by atoms with E-state index in [9.17, 15) is 10.2 Å². The number of hydrogen-bond acceptors (Lipinski definition) is 4. The molecule has 4 heteroatoms. The predicted octanol–water partition coefficient (Wildman–Crippen LogP) is 2.54. The summed E-state index contributed by atoms with van der Waals surface area (Å²) >= 11 is 0. The van der Waals surface area contributed by atoms with Crippen molar-refractivity contribution in [2.75, 3.05) is 13.7 Å². The largest absolute Gasteiger partial charge is 0.497 e. The zero-order valence-corrected chi connectivity index (χ0v) is 13.3. The van der Waals surface area contributed by atoms with Crippen molar-refractivity contribution in [2.45, 2.75) is 39.1 Å². The second-order valence-corrected chi connectivity index (χ2v) is 6.16. The van der Waals surface area contributed by atoms with E-state index in [2.05, 4.69) is 6.58 Å². The maximum Gasteiger partial charge on any atom is 0.118 e. The third-order valence-electron chi connectivity index (χ3n) is 3.61. The molecule has 0 bridgehead atoms. The van der Waals surface area contributed by atoms with Crippen molar-refractivity contribution in [3.05, 3.63) is 42.5 Å². The molecule has 0 spiro atoms. The number of ether oxygens (including phenoxy) is 2. The van der Waals surface area contributed by atoms with Crippen LogP contribution in [0.1, 0.15) is 26.3 Å². The molecule has 0 aliphatic carbocycles. The van der Waals surface area contributed by atoms with Crippen LogP contribution in [-0.4, -0.2) is 35.6 Å². The molecule has 1 rings (SSSR count). The molecule has 0 aliphatic rings. The molecule has 1 aromatic carbocycles. The van der Waals surface area contributed by atoms with Crippen molar-refractivity contribution in [2.24, 2.45) is 5.41 Å². The number of hydrogen-bond donors (Lipinski definition) is 2. The topological polar surface area (TPSA) is 58.9 Å². The van der Waals surface area contributed by atoms with Crippen molar-refractivity contribution in [3.63, 3.8) is 0 Å². The summed E-state index contributed by atoms with van der Waals surface area (Å²) in [6, 6.07) is 7.62. The highest BCUT2D eigenvalue weighted by Crippen LogP contribution is 2.30. The Kier molecular flexibility index (Phi) is 5.96. The third kappa shape index (κ3) is 4.84. The molecule has 0 radical (unpaired) electrons. The van der Waals surface area contributed by atoms with E-state index in [1.165, 1.54) is 13.0 Å². The monoisotopic (exact) mass is 294 g/mol. The minimum Gasteiger partial charge on any atom is -0.497 e. The van der Waals surface area contributed by atoms with Crippen LogP contribution in [0.15, 0.2) is 36.9 Å². The van der Waals surface area contributed by atoms with Crippen molar-refractivity contribution >= 4 is 0 Å². The Morgan fingerprint density at radius 1 is 1.24 bits per heavy atom. The maximum absolute atomic E-state index is 10.3. The molecule has 2 atom stereocenters. The van der Waals surface area contributed by atoms with Crippen LogP contribution in [0, 0.1) is 5.41 Å². The highest BCUT2D eigenvalue weighted by Gasteiger charge is 2.39. The number of methoxy groups -OCH3 is 1. The van der Waals surface area contributed by atoms with Crippen LogP contribution in [-0.2, 0) is 11.3 Å². The van der Waals surface area contributed by atoms with Crippen LogP contribution in [0.2, 0.25) is 0 Å². The summed E-state index contributed by atoms with van der Waals surface area (Å²) in [6.45, 7) is 9.55. The zero-order valence-electron chi connectivity index (χ0n) is 13.3. The smallest absolute Gasteiger partial charge is 0.118 e. The fourth-order valence-corrected chi connectivity index (χ4v) is 2.14. The molecule has 0 heterocycles. The van der Waals surface area contributed by atoms with E-state index in [1.54, 1.807) is 7.11 Å². The standard InChI is InChI=1S/C17H26O4/c1-6-17(4,19)15(18)16(2,3)12-21-11-13-7-9-14(20-5)10-8-13/h6-10,15,18-19H,1,11-12H2,2-5H3/t15-,17+/m1/s1. The average molecular weight is 294 g/mol. The highest BCUT2D eigenvalue weighted by molar-refractivity contribution is 5.26. The summed E-state index contributed by atoms with van der Waals surface area (Å²) in [4.78, 5) is 0. The van der Waals surface area contributed by atoms with Crippen molar-refractivity contribution in [1.82, 2.24) is 0 Å². The molecule has 0 amide bonds. The number of benzene rings is 1. The highest BCUT2D eigenvalue weighted by atomic mass is 16.5. The minimum absolute atomic E-state index is 0.324. The lowest BCUT2D eigenvalue weighted by Gasteiger charge is -2.38. The summed E-state index contributed by atoms with van der Waals surface area (Å²) in [6.07, 6.45) is 0.390. The quantitative estimate of drug-likeness (QED) is 0.723. The van der Waals surface area contributed by atoms with Gasteiger partial charge in [0.15, 0.2) is 0 Å². The molecule has 0 unspecified atom stereocenters. The average Bonchev–Trinajstić information content (AvgIpc) is 2.47. The van der Waals surface area contributed by atoms with Gasteiger partial charge in [-0.1, -0.05) is 32.1 Å². The maximum atomic E-state index is 10.3. The van der Waals surface area contributed by atoms with E-state index < -0.39 is 17.1 Å². The van der Waals surface area contributed by atoms with E-state index in [1.807, 2.05) is 38.1 Å². The molecular formula is C17H26O4. The fourth-order valence-electron chi connectivity index (χ4n) is 2.14. The van der Waals surface area contributed by atoms with Gasteiger partial charge in [-0.15, -0.1) is 6.58 Å². The first-order chi connectivity index (χ1) is 9.73. The summed E-state index contributed by atoms with van der Waals surface area (Å²) in [5.74, 6) is 0.802. The van der Waals surface area contributed by atoms with Crippen LogP contribution >= 0.6 is 0 Å². The van der Waals surface area contributed by atoms with E-state index in [4.69, 9.17) is 9.47 Å². The molecule has 4 nitrogen and oxygen atoms in total. The van der Waals surface area contributed by atoms with E-state index in [0.29, 0.717) is 13.2 Å². The Balaban J connectivity index is 2.55. The predicted molar refractivity (Wildman–Crippen MR) is 83.3 cm³/mol. The van der Waals surface area contributed by atoms with Gasteiger partial charge < -0.3 is 19.7 Å². The Morgan fingerprint density at radius 3 is 2.29 bits per heavy atom. The lowest BCUT2D eigenvalue weighted by atomic mass is 9.78. The Labute approximate surface area is 127 Å². The first kappa shape index (κ1) is 17.7. The van der Waals surface area contributed by atoms with E-state index in [-0.39, 0.29) is 0 Å². The van der Waals surface area contributed by atoms with Crippen molar-refractivity contribution in [3.8, 4) is 5.75 Å². The van der Waals surface area contributed by atoms with Crippen molar-refractivity contribution < 1.29 is 19.7 Å². The zero-order chi connectivity index (χ0) is 16.1. The van der Waals surface area contributed by atoms with Gasteiger partial charge in [-0.3, -0.25) is 0 Å². The van der Waals surface area contributed by atoms with Gasteiger partial charge in [-0.25, -0.2) is 0 Å². The van der Waals surface area contributed by atoms with Gasteiger partial charge in [0.05, 0.1) is 26.4 Å². The molecule has 2 N–H and O–H groups in total. The van der Waals surface area contributed by atoms with Gasteiger partial charge in [0.2, 0.25) is 0 Å². The molecule has 0 saturated heterocycles. The second-order valence-electron chi connectivity index (χ2n) is 6.16. The molecule has 0 saturated carbocycles. The first-order valence-corrected chi connectivity index (χ1v) is 6.97. The summed E-state index contributed by atoms with van der Waals surface area (Å²) in [7, 11) is 1.63. The summed E-state index contributed by atoms with van der Waals surface area (Å²) in [5, 5.41) is 20.3. The normalized spacial score (nSPS) is 16.1. The Hall–Kier alpha value is -1.36. The van der Waals surface area contributed by atoms with Gasteiger partial charge in [0.1, 0.15) is 11.4 Å². The molecular weight excluding hydrogens is 268 g/mol. The van der Waals surface area contributed by atoms with Gasteiger partial charge in [0, 0.05) is 5.41 Å². The van der Waals surface area contributed by atoms with Gasteiger partial charge in [0.25, 0.3) is 0 Å². The second kappa shape index (κ2) is 7.07. The molecule has 0 aliphatic heterocycles.